The van der Waals surface area contributed by atoms with E-state index in [2.05, 4.69) is 59.7 Å². The second-order valence-electron chi connectivity index (χ2n) is 5.44. The summed E-state index contributed by atoms with van der Waals surface area (Å²) >= 11 is 1.79. The first-order valence-electron chi connectivity index (χ1n) is 7.32. The van der Waals surface area contributed by atoms with E-state index in [1.807, 2.05) is 17.1 Å². The number of aromatic nitrogens is 3. The van der Waals surface area contributed by atoms with E-state index in [1.54, 1.807) is 11.3 Å². The maximum absolute atomic E-state index is 4.57. The van der Waals surface area contributed by atoms with E-state index in [1.165, 1.54) is 4.88 Å². The first-order chi connectivity index (χ1) is 10.2. The minimum atomic E-state index is 0.323. The Labute approximate surface area is 128 Å². The van der Waals surface area contributed by atoms with Gasteiger partial charge >= 0.3 is 0 Å². The topological polar surface area (TPSA) is 42.7 Å². The number of hydrogen-bond acceptors (Lipinski definition) is 4. The standard InChI is InChI=1S/C16H20N4S/c1-4-14(15-6-5-7-21-15)19-13-8-12-9-18-20(11(2)3)16(12)17-10-13/h5-11,14,19H,4H2,1-3H3. The Balaban J connectivity index is 1.87. The number of rotatable bonds is 5. The fraction of sp³-hybridized carbons (Fsp3) is 0.375. The van der Waals surface area contributed by atoms with Gasteiger partial charge in [-0.15, -0.1) is 11.3 Å². The number of fused-ring (bicyclic) bond motifs is 1. The fourth-order valence-corrected chi connectivity index (χ4v) is 3.32. The molecule has 0 bridgehead atoms. The lowest BCUT2D eigenvalue weighted by Gasteiger charge is -2.16. The van der Waals surface area contributed by atoms with Crippen molar-refractivity contribution in [1.82, 2.24) is 14.8 Å². The maximum atomic E-state index is 4.57. The van der Waals surface area contributed by atoms with E-state index in [-0.39, 0.29) is 0 Å². The summed E-state index contributed by atoms with van der Waals surface area (Å²) in [5.41, 5.74) is 1.99. The van der Waals surface area contributed by atoms with Crippen molar-refractivity contribution in [3.63, 3.8) is 0 Å². The number of thiophene rings is 1. The summed E-state index contributed by atoms with van der Waals surface area (Å²) < 4.78 is 1.95. The molecule has 0 aliphatic rings. The van der Waals surface area contributed by atoms with Gasteiger partial charge in [-0.3, -0.25) is 0 Å². The van der Waals surface area contributed by atoms with E-state index in [9.17, 15) is 0 Å². The van der Waals surface area contributed by atoms with Crippen LogP contribution in [0.1, 0.15) is 44.2 Å². The van der Waals surface area contributed by atoms with Crippen LogP contribution in [0.4, 0.5) is 5.69 Å². The summed E-state index contributed by atoms with van der Waals surface area (Å²) in [6.07, 6.45) is 4.84. The average molecular weight is 300 g/mol. The third kappa shape index (κ3) is 2.78. The third-order valence-corrected chi connectivity index (χ3v) is 4.54. The minimum Gasteiger partial charge on any atom is -0.376 e. The molecule has 0 fully saturated rings. The monoisotopic (exact) mass is 300 g/mol. The molecule has 0 amide bonds. The third-order valence-electron chi connectivity index (χ3n) is 3.56. The van der Waals surface area contributed by atoms with Gasteiger partial charge in [0, 0.05) is 16.3 Å². The quantitative estimate of drug-likeness (QED) is 0.746. The number of nitrogens with zero attached hydrogens (tertiary/aromatic N) is 3. The van der Waals surface area contributed by atoms with Crippen LogP contribution in [0, 0.1) is 0 Å². The molecule has 0 spiro atoms. The van der Waals surface area contributed by atoms with Crippen molar-refractivity contribution in [3.05, 3.63) is 40.8 Å². The molecule has 5 heteroatoms. The van der Waals surface area contributed by atoms with Crippen LogP contribution < -0.4 is 5.32 Å². The van der Waals surface area contributed by atoms with E-state index in [0.717, 1.165) is 23.1 Å². The van der Waals surface area contributed by atoms with Crippen molar-refractivity contribution < 1.29 is 0 Å². The SMILES string of the molecule is CCC(Nc1cnc2c(cnn2C(C)C)c1)c1cccs1. The van der Waals surface area contributed by atoms with Crippen molar-refractivity contribution >= 4 is 28.1 Å². The molecule has 0 aliphatic carbocycles. The molecule has 0 saturated heterocycles. The number of nitrogens with one attached hydrogen (secondary N) is 1. The molecule has 0 saturated carbocycles. The average Bonchev–Trinajstić information content (AvgIpc) is 3.13. The van der Waals surface area contributed by atoms with E-state index >= 15 is 0 Å². The van der Waals surface area contributed by atoms with Crippen LogP contribution in [0.2, 0.25) is 0 Å². The Hall–Kier alpha value is -1.88. The molecular formula is C16H20N4S. The molecule has 3 aromatic heterocycles. The number of hydrogen-bond donors (Lipinski definition) is 1. The van der Waals surface area contributed by atoms with Crippen molar-refractivity contribution in [2.45, 2.75) is 39.3 Å². The summed E-state index contributed by atoms with van der Waals surface area (Å²) in [4.78, 5) is 5.93. The van der Waals surface area contributed by atoms with Gasteiger partial charge in [-0.25, -0.2) is 9.67 Å². The molecule has 1 atom stereocenters. The van der Waals surface area contributed by atoms with Gasteiger partial charge in [0.15, 0.2) is 5.65 Å². The Bertz CT molecular complexity index is 715. The molecule has 0 aliphatic heterocycles. The van der Waals surface area contributed by atoms with Crippen molar-refractivity contribution in [3.8, 4) is 0 Å². The predicted molar refractivity (Wildman–Crippen MR) is 88.9 cm³/mol. The first kappa shape index (κ1) is 14.1. The summed E-state index contributed by atoms with van der Waals surface area (Å²) in [5.74, 6) is 0. The maximum Gasteiger partial charge on any atom is 0.158 e. The van der Waals surface area contributed by atoms with Gasteiger partial charge in [0.25, 0.3) is 0 Å². The molecule has 0 aromatic carbocycles. The Morgan fingerprint density at radius 2 is 2.19 bits per heavy atom. The van der Waals surface area contributed by atoms with Crippen LogP contribution in [-0.2, 0) is 0 Å². The van der Waals surface area contributed by atoms with Gasteiger partial charge in [0.2, 0.25) is 0 Å². The summed E-state index contributed by atoms with van der Waals surface area (Å²) in [7, 11) is 0. The highest BCUT2D eigenvalue weighted by Gasteiger charge is 2.12. The Kier molecular flexibility index (Phi) is 3.92. The Morgan fingerprint density at radius 3 is 2.86 bits per heavy atom. The molecule has 21 heavy (non-hydrogen) atoms. The zero-order valence-electron chi connectivity index (χ0n) is 12.6. The molecule has 3 rings (SSSR count). The van der Waals surface area contributed by atoms with Crippen molar-refractivity contribution in [1.29, 1.82) is 0 Å². The smallest absolute Gasteiger partial charge is 0.158 e. The van der Waals surface area contributed by atoms with Crippen molar-refractivity contribution in [2.24, 2.45) is 0 Å². The summed E-state index contributed by atoms with van der Waals surface area (Å²) in [5, 5.41) is 11.2. The van der Waals surface area contributed by atoms with Gasteiger partial charge in [-0.05, 0) is 37.8 Å². The highest BCUT2D eigenvalue weighted by molar-refractivity contribution is 7.10. The molecule has 1 N–H and O–H groups in total. The zero-order valence-corrected chi connectivity index (χ0v) is 13.4. The molecule has 3 heterocycles. The highest BCUT2D eigenvalue weighted by Crippen LogP contribution is 2.27. The predicted octanol–water partition coefficient (Wildman–Crippen LogP) is 4.64. The van der Waals surface area contributed by atoms with E-state index in [0.29, 0.717) is 12.1 Å². The van der Waals surface area contributed by atoms with Crippen LogP contribution in [0.25, 0.3) is 11.0 Å². The minimum absolute atomic E-state index is 0.323. The number of anilines is 1. The summed E-state index contributed by atoms with van der Waals surface area (Å²) in [6.45, 7) is 6.43. The number of pyridine rings is 1. The van der Waals surface area contributed by atoms with Crippen LogP contribution in [-0.4, -0.2) is 14.8 Å². The van der Waals surface area contributed by atoms with Gasteiger partial charge < -0.3 is 5.32 Å². The highest BCUT2D eigenvalue weighted by atomic mass is 32.1. The van der Waals surface area contributed by atoms with Gasteiger partial charge in [0.1, 0.15) is 0 Å². The second kappa shape index (κ2) is 5.85. The van der Waals surface area contributed by atoms with Gasteiger partial charge in [0.05, 0.1) is 24.1 Å². The van der Waals surface area contributed by atoms with Gasteiger partial charge in [-0.2, -0.15) is 5.10 Å². The molecule has 1 unspecified atom stereocenters. The lowest BCUT2D eigenvalue weighted by atomic mass is 10.2. The normalized spacial score (nSPS) is 13.0. The lowest BCUT2D eigenvalue weighted by molar-refractivity contribution is 0.546. The largest absolute Gasteiger partial charge is 0.376 e. The van der Waals surface area contributed by atoms with Crippen LogP contribution in [0.3, 0.4) is 0 Å². The molecule has 4 nitrogen and oxygen atoms in total. The zero-order chi connectivity index (χ0) is 14.8. The van der Waals surface area contributed by atoms with Crippen LogP contribution in [0.5, 0.6) is 0 Å². The molecule has 110 valence electrons. The second-order valence-corrected chi connectivity index (χ2v) is 6.42. The van der Waals surface area contributed by atoms with Gasteiger partial charge in [-0.1, -0.05) is 13.0 Å². The fourth-order valence-electron chi connectivity index (χ4n) is 2.46. The lowest BCUT2D eigenvalue weighted by Crippen LogP contribution is -2.08. The molecule has 3 aromatic rings. The molecular weight excluding hydrogens is 280 g/mol. The van der Waals surface area contributed by atoms with Crippen LogP contribution in [0.15, 0.2) is 36.0 Å². The molecule has 0 radical (unpaired) electrons. The van der Waals surface area contributed by atoms with Crippen LogP contribution >= 0.6 is 11.3 Å². The first-order valence-corrected chi connectivity index (χ1v) is 8.20. The summed E-state index contributed by atoms with van der Waals surface area (Å²) in [6, 6.07) is 7.06. The van der Waals surface area contributed by atoms with Crippen molar-refractivity contribution in [2.75, 3.05) is 5.32 Å². The van der Waals surface area contributed by atoms with E-state index < -0.39 is 0 Å². The Morgan fingerprint density at radius 1 is 1.33 bits per heavy atom. The van der Waals surface area contributed by atoms with E-state index in [4.69, 9.17) is 0 Å².